The smallest absolute Gasteiger partial charge is 0.0443 e. The summed E-state index contributed by atoms with van der Waals surface area (Å²) in [7, 11) is 0. The van der Waals surface area contributed by atoms with Crippen LogP contribution in [-0.4, -0.2) is 48.8 Å². The monoisotopic (exact) mass is 186 g/mol. The number of hydrogen-bond acceptors (Lipinski definition) is 3. The van der Waals surface area contributed by atoms with E-state index in [-0.39, 0.29) is 0 Å². The summed E-state index contributed by atoms with van der Waals surface area (Å²) in [6, 6.07) is 0.693. The molecule has 2 N–H and O–H groups in total. The van der Waals surface area contributed by atoms with E-state index in [0.29, 0.717) is 12.6 Å². The third-order valence-corrected chi connectivity index (χ3v) is 2.72. The van der Waals surface area contributed by atoms with Crippen molar-refractivity contribution < 1.29 is 5.11 Å². The van der Waals surface area contributed by atoms with Crippen LogP contribution in [0.5, 0.6) is 0 Å². The van der Waals surface area contributed by atoms with Gasteiger partial charge in [0.05, 0.1) is 0 Å². The lowest BCUT2D eigenvalue weighted by Gasteiger charge is -2.23. The molecular weight excluding hydrogens is 164 g/mol. The zero-order valence-corrected chi connectivity index (χ0v) is 8.63. The van der Waals surface area contributed by atoms with Gasteiger partial charge in [-0.2, -0.15) is 0 Å². The van der Waals surface area contributed by atoms with E-state index in [0.717, 1.165) is 26.1 Å². The van der Waals surface area contributed by atoms with Gasteiger partial charge in [0.25, 0.3) is 0 Å². The molecule has 1 aliphatic heterocycles. The molecular formula is C10H22N2O. The zero-order valence-electron chi connectivity index (χ0n) is 8.63. The standard InChI is InChI=1S/C10H22N2O/c1-2-12(7-4-8-13)9-10-5-3-6-11-10/h10-11,13H,2-9H2,1H3. The second-order valence-electron chi connectivity index (χ2n) is 3.76. The zero-order chi connectivity index (χ0) is 9.52. The molecule has 1 unspecified atom stereocenters. The van der Waals surface area contributed by atoms with Crippen molar-refractivity contribution in [2.45, 2.75) is 32.2 Å². The van der Waals surface area contributed by atoms with E-state index in [2.05, 4.69) is 17.1 Å². The van der Waals surface area contributed by atoms with Crippen molar-refractivity contribution in [2.24, 2.45) is 0 Å². The minimum atomic E-state index is 0.314. The fourth-order valence-corrected chi connectivity index (χ4v) is 1.90. The normalized spacial score (nSPS) is 22.8. The van der Waals surface area contributed by atoms with Crippen LogP contribution in [0.3, 0.4) is 0 Å². The average molecular weight is 186 g/mol. The molecule has 0 radical (unpaired) electrons. The highest BCUT2D eigenvalue weighted by Crippen LogP contribution is 2.06. The molecule has 0 aromatic heterocycles. The van der Waals surface area contributed by atoms with Crippen LogP contribution in [0.4, 0.5) is 0 Å². The van der Waals surface area contributed by atoms with E-state index in [4.69, 9.17) is 5.11 Å². The fraction of sp³-hybridized carbons (Fsp3) is 1.00. The Labute approximate surface area is 81.1 Å². The number of nitrogens with zero attached hydrogens (tertiary/aromatic N) is 1. The van der Waals surface area contributed by atoms with Gasteiger partial charge in [-0.3, -0.25) is 0 Å². The molecule has 3 nitrogen and oxygen atoms in total. The van der Waals surface area contributed by atoms with Gasteiger partial charge >= 0.3 is 0 Å². The van der Waals surface area contributed by atoms with E-state index in [1.807, 2.05) is 0 Å². The Hall–Kier alpha value is -0.120. The van der Waals surface area contributed by atoms with E-state index in [1.165, 1.54) is 19.4 Å². The van der Waals surface area contributed by atoms with Gasteiger partial charge in [0.2, 0.25) is 0 Å². The van der Waals surface area contributed by atoms with Gasteiger partial charge in [-0.25, -0.2) is 0 Å². The van der Waals surface area contributed by atoms with Gasteiger partial charge in [0, 0.05) is 25.7 Å². The minimum Gasteiger partial charge on any atom is -0.396 e. The summed E-state index contributed by atoms with van der Waals surface area (Å²) in [5.74, 6) is 0. The second kappa shape index (κ2) is 6.35. The maximum Gasteiger partial charge on any atom is 0.0443 e. The summed E-state index contributed by atoms with van der Waals surface area (Å²) < 4.78 is 0. The largest absolute Gasteiger partial charge is 0.396 e. The summed E-state index contributed by atoms with van der Waals surface area (Å²) in [5, 5.41) is 12.2. The van der Waals surface area contributed by atoms with Crippen LogP contribution in [-0.2, 0) is 0 Å². The minimum absolute atomic E-state index is 0.314. The molecule has 0 aromatic carbocycles. The molecule has 0 saturated carbocycles. The van der Waals surface area contributed by atoms with Crippen molar-refractivity contribution in [1.29, 1.82) is 0 Å². The number of aliphatic hydroxyl groups excluding tert-OH is 1. The van der Waals surface area contributed by atoms with Crippen molar-refractivity contribution in [3.8, 4) is 0 Å². The molecule has 1 rings (SSSR count). The van der Waals surface area contributed by atoms with Gasteiger partial charge in [-0.15, -0.1) is 0 Å². The van der Waals surface area contributed by atoms with E-state index < -0.39 is 0 Å². The molecule has 0 bridgehead atoms. The highest BCUT2D eigenvalue weighted by molar-refractivity contribution is 4.77. The number of nitrogens with one attached hydrogen (secondary N) is 1. The molecule has 1 saturated heterocycles. The van der Waals surface area contributed by atoms with Crippen LogP contribution in [0, 0.1) is 0 Å². The van der Waals surface area contributed by atoms with E-state index in [1.54, 1.807) is 0 Å². The first-order chi connectivity index (χ1) is 6.36. The van der Waals surface area contributed by atoms with E-state index in [9.17, 15) is 0 Å². The Balaban J connectivity index is 2.13. The van der Waals surface area contributed by atoms with Crippen molar-refractivity contribution in [3.63, 3.8) is 0 Å². The van der Waals surface area contributed by atoms with Crippen LogP contribution in [0.15, 0.2) is 0 Å². The quantitative estimate of drug-likeness (QED) is 0.632. The number of likely N-dealkylation sites (N-methyl/N-ethyl adjacent to an activating group) is 1. The van der Waals surface area contributed by atoms with Gasteiger partial charge in [0.1, 0.15) is 0 Å². The molecule has 1 aliphatic rings. The molecule has 1 fully saturated rings. The average Bonchev–Trinajstić information content (AvgIpc) is 2.64. The molecule has 1 atom stereocenters. The molecule has 13 heavy (non-hydrogen) atoms. The van der Waals surface area contributed by atoms with Gasteiger partial charge in [0.15, 0.2) is 0 Å². The SMILES string of the molecule is CCN(CCCO)CC1CCCN1. The number of rotatable bonds is 6. The van der Waals surface area contributed by atoms with Crippen LogP contribution in [0.2, 0.25) is 0 Å². The molecule has 0 aromatic rings. The lowest BCUT2D eigenvalue weighted by Crippen LogP contribution is -2.38. The third kappa shape index (κ3) is 4.07. The molecule has 78 valence electrons. The van der Waals surface area contributed by atoms with Gasteiger partial charge < -0.3 is 15.3 Å². The number of aliphatic hydroxyl groups is 1. The van der Waals surface area contributed by atoms with Crippen molar-refractivity contribution in [2.75, 3.05) is 32.8 Å². The third-order valence-electron chi connectivity index (χ3n) is 2.72. The van der Waals surface area contributed by atoms with Crippen LogP contribution in [0.1, 0.15) is 26.2 Å². The highest BCUT2D eigenvalue weighted by atomic mass is 16.3. The fourth-order valence-electron chi connectivity index (χ4n) is 1.90. The lowest BCUT2D eigenvalue weighted by molar-refractivity contribution is 0.218. The van der Waals surface area contributed by atoms with Crippen LogP contribution < -0.4 is 5.32 Å². The summed E-state index contributed by atoms with van der Waals surface area (Å²) in [6.07, 6.45) is 3.54. The Morgan fingerprint density at radius 2 is 2.38 bits per heavy atom. The topological polar surface area (TPSA) is 35.5 Å². The predicted octanol–water partition coefficient (Wildman–Crippen LogP) is 0.443. The Bertz CT molecular complexity index is 124. The molecule has 1 heterocycles. The van der Waals surface area contributed by atoms with Crippen molar-refractivity contribution >= 4 is 0 Å². The van der Waals surface area contributed by atoms with Crippen molar-refractivity contribution in [1.82, 2.24) is 10.2 Å². The Morgan fingerprint density at radius 3 is 2.92 bits per heavy atom. The maximum absolute atomic E-state index is 8.73. The highest BCUT2D eigenvalue weighted by Gasteiger charge is 2.16. The number of hydrogen-bond donors (Lipinski definition) is 2. The second-order valence-corrected chi connectivity index (χ2v) is 3.76. The summed E-state index contributed by atoms with van der Waals surface area (Å²) >= 11 is 0. The maximum atomic E-state index is 8.73. The molecule has 0 amide bonds. The summed E-state index contributed by atoms with van der Waals surface area (Å²) in [5.41, 5.74) is 0. The predicted molar refractivity (Wildman–Crippen MR) is 54.8 cm³/mol. The first-order valence-corrected chi connectivity index (χ1v) is 5.43. The van der Waals surface area contributed by atoms with Crippen molar-refractivity contribution in [3.05, 3.63) is 0 Å². The molecule has 0 aliphatic carbocycles. The van der Waals surface area contributed by atoms with Gasteiger partial charge in [-0.05, 0) is 32.4 Å². The summed E-state index contributed by atoms with van der Waals surface area (Å²) in [4.78, 5) is 2.42. The first-order valence-electron chi connectivity index (χ1n) is 5.43. The molecule has 3 heteroatoms. The van der Waals surface area contributed by atoms with Crippen LogP contribution in [0.25, 0.3) is 0 Å². The van der Waals surface area contributed by atoms with Crippen LogP contribution >= 0.6 is 0 Å². The van der Waals surface area contributed by atoms with Gasteiger partial charge in [-0.1, -0.05) is 6.92 Å². The Kier molecular flexibility index (Phi) is 5.35. The first kappa shape index (κ1) is 11.0. The Morgan fingerprint density at radius 1 is 1.54 bits per heavy atom. The summed E-state index contributed by atoms with van der Waals surface area (Å²) in [6.45, 7) is 6.96. The van der Waals surface area contributed by atoms with E-state index >= 15 is 0 Å². The lowest BCUT2D eigenvalue weighted by atomic mass is 10.2. The molecule has 0 spiro atoms.